The first-order chi connectivity index (χ1) is 11.1. The minimum Gasteiger partial charge on any atom is -0.481 e. The molecule has 1 atom stereocenters. The number of benzene rings is 1. The van der Waals surface area contributed by atoms with E-state index >= 15 is 0 Å². The summed E-state index contributed by atoms with van der Waals surface area (Å²) in [6.45, 7) is 5.75. The van der Waals surface area contributed by atoms with Gasteiger partial charge in [-0.25, -0.2) is 9.18 Å². The molecule has 0 aromatic heterocycles. The van der Waals surface area contributed by atoms with Crippen molar-refractivity contribution in [1.29, 1.82) is 0 Å². The van der Waals surface area contributed by atoms with Crippen molar-refractivity contribution in [2.24, 2.45) is 5.41 Å². The van der Waals surface area contributed by atoms with E-state index in [-0.39, 0.29) is 13.0 Å². The Bertz CT molecular complexity index is 626. The maximum atomic E-state index is 14.0. The van der Waals surface area contributed by atoms with Crippen LogP contribution in [0.25, 0.3) is 0 Å². The summed E-state index contributed by atoms with van der Waals surface area (Å²) >= 11 is 0. The molecule has 1 fully saturated rings. The third-order valence-electron chi connectivity index (χ3n) is 4.17. The number of halogens is 1. The molecule has 1 aliphatic heterocycles. The predicted octanol–water partition coefficient (Wildman–Crippen LogP) is 3.47. The molecule has 1 amide bonds. The summed E-state index contributed by atoms with van der Waals surface area (Å²) in [5, 5.41) is 9.77. The van der Waals surface area contributed by atoms with Gasteiger partial charge in [0.25, 0.3) is 0 Å². The molecule has 0 unspecified atom stereocenters. The summed E-state index contributed by atoms with van der Waals surface area (Å²) in [7, 11) is 0. The number of hydrogen-bond donors (Lipinski definition) is 1. The summed E-state index contributed by atoms with van der Waals surface area (Å²) in [4.78, 5) is 25.6. The van der Waals surface area contributed by atoms with E-state index in [0.717, 1.165) is 0 Å². The van der Waals surface area contributed by atoms with Gasteiger partial charge in [-0.3, -0.25) is 4.79 Å². The first-order valence-electron chi connectivity index (χ1n) is 8.08. The lowest BCUT2D eigenvalue weighted by Gasteiger charge is -2.40. The maximum Gasteiger partial charge on any atom is 0.410 e. The normalized spacial score (nSPS) is 21.4. The van der Waals surface area contributed by atoms with E-state index in [4.69, 9.17) is 4.74 Å². The fraction of sp³-hybridized carbons (Fsp3) is 0.556. The second-order valence-corrected chi connectivity index (χ2v) is 7.36. The summed E-state index contributed by atoms with van der Waals surface area (Å²) in [5.74, 6) is -1.44. The van der Waals surface area contributed by atoms with Crippen molar-refractivity contribution in [3.05, 3.63) is 35.6 Å². The van der Waals surface area contributed by atoms with Crippen molar-refractivity contribution < 1.29 is 23.8 Å². The number of likely N-dealkylation sites (tertiary alicyclic amines) is 1. The Morgan fingerprint density at radius 3 is 2.58 bits per heavy atom. The average molecular weight is 337 g/mol. The van der Waals surface area contributed by atoms with Gasteiger partial charge in [0.05, 0.1) is 5.41 Å². The number of nitrogens with zero attached hydrogens (tertiary/aromatic N) is 1. The van der Waals surface area contributed by atoms with Crippen LogP contribution < -0.4 is 0 Å². The van der Waals surface area contributed by atoms with E-state index in [9.17, 15) is 19.1 Å². The Labute approximate surface area is 141 Å². The maximum absolute atomic E-state index is 14.0. The van der Waals surface area contributed by atoms with Gasteiger partial charge < -0.3 is 14.7 Å². The highest BCUT2D eigenvalue weighted by Crippen LogP contribution is 2.35. The highest BCUT2D eigenvalue weighted by Gasteiger charge is 2.44. The Hall–Kier alpha value is -2.11. The molecule has 0 radical (unpaired) electrons. The molecular formula is C18H24FNO4. The molecule has 0 saturated carbocycles. The molecule has 0 spiro atoms. The number of aliphatic carboxylic acids is 1. The lowest BCUT2D eigenvalue weighted by molar-refractivity contribution is -0.152. The fourth-order valence-electron chi connectivity index (χ4n) is 3.01. The van der Waals surface area contributed by atoms with Crippen LogP contribution in [0.3, 0.4) is 0 Å². The molecule has 5 nitrogen and oxygen atoms in total. The van der Waals surface area contributed by atoms with Crippen LogP contribution >= 0.6 is 0 Å². The highest BCUT2D eigenvalue weighted by molar-refractivity contribution is 5.77. The number of ether oxygens (including phenoxy) is 1. The SMILES string of the molecule is CC(C)(C)OC(=O)N1CCC[C@@](Cc2ccccc2F)(C(=O)O)C1. The van der Waals surface area contributed by atoms with E-state index in [2.05, 4.69) is 0 Å². The smallest absolute Gasteiger partial charge is 0.410 e. The van der Waals surface area contributed by atoms with Crippen LogP contribution in [0.1, 0.15) is 39.2 Å². The fourth-order valence-corrected chi connectivity index (χ4v) is 3.01. The Balaban J connectivity index is 2.21. The van der Waals surface area contributed by atoms with Crippen LogP contribution in [0.4, 0.5) is 9.18 Å². The van der Waals surface area contributed by atoms with Crippen molar-refractivity contribution in [3.8, 4) is 0 Å². The molecule has 1 aromatic carbocycles. The number of carbonyl (C=O) groups excluding carboxylic acids is 1. The van der Waals surface area contributed by atoms with Crippen LogP contribution in [0.2, 0.25) is 0 Å². The van der Waals surface area contributed by atoms with Crippen LogP contribution in [0.15, 0.2) is 24.3 Å². The molecule has 6 heteroatoms. The van der Waals surface area contributed by atoms with Crippen LogP contribution in [-0.4, -0.2) is 40.8 Å². The monoisotopic (exact) mass is 337 g/mol. The number of carboxylic acids is 1. The highest BCUT2D eigenvalue weighted by atomic mass is 19.1. The largest absolute Gasteiger partial charge is 0.481 e. The van der Waals surface area contributed by atoms with Crippen molar-refractivity contribution in [1.82, 2.24) is 4.90 Å². The summed E-state index contributed by atoms with van der Waals surface area (Å²) < 4.78 is 19.3. The topological polar surface area (TPSA) is 66.8 Å². The zero-order chi connectivity index (χ0) is 18.0. The summed E-state index contributed by atoms with van der Waals surface area (Å²) in [6.07, 6.45) is 0.464. The molecule has 0 aliphatic carbocycles. The number of hydrogen-bond acceptors (Lipinski definition) is 3. The number of carbonyl (C=O) groups is 2. The summed E-state index contributed by atoms with van der Waals surface area (Å²) in [5.41, 5.74) is -1.49. The van der Waals surface area contributed by atoms with Crippen molar-refractivity contribution in [2.75, 3.05) is 13.1 Å². The molecule has 1 saturated heterocycles. The van der Waals surface area contributed by atoms with E-state index in [1.54, 1.807) is 39.0 Å². The van der Waals surface area contributed by atoms with Gasteiger partial charge in [-0.05, 0) is 51.7 Å². The third-order valence-corrected chi connectivity index (χ3v) is 4.17. The van der Waals surface area contributed by atoms with Gasteiger partial charge in [0.2, 0.25) is 0 Å². The molecule has 0 bridgehead atoms. The molecule has 132 valence electrons. The quantitative estimate of drug-likeness (QED) is 0.917. The molecule has 1 aliphatic rings. The predicted molar refractivity (Wildman–Crippen MR) is 87.2 cm³/mol. The molecular weight excluding hydrogens is 313 g/mol. The average Bonchev–Trinajstić information content (AvgIpc) is 2.48. The second kappa shape index (κ2) is 6.79. The number of amides is 1. The Kier molecular flexibility index (Phi) is 5.16. The lowest BCUT2D eigenvalue weighted by atomic mass is 9.75. The Morgan fingerprint density at radius 1 is 1.33 bits per heavy atom. The van der Waals surface area contributed by atoms with Crippen molar-refractivity contribution in [3.63, 3.8) is 0 Å². The van der Waals surface area contributed by atoms with Gasteiger partial charge in [-0.15, -0.1) is 0 Å². The molecule has 1 heterocycles. The van der Waals surface area contributed by atoms with Crippen LogP contribution in [0, 0.1) is 11.2 Å². The van der Waals surface area contributed by atoms with Gasteiger partial charge in [-0.1, -0.05) is 18.2 Å². The molecule has 1 N–H and O–H groups in total. The Morgan fingerprint density at radius 2 is 2.00 bits per heavy atom. The summed E-state index contributed by atoms with van der Waals surface area (Å²) in [6, 6.07) is 6.16. The van der Waals surface area contributed by atoms with E-state index in [1.165, 1.54) is 11.0 Å². The van der Waals surface area contributed by atoms with E-state index in [0.29, 0.717) is 24.9 Å². The first-order valence-corrected chi connectivity index (χ1v) is 8.08. The van der Waals surface area contributed by atoms with Gasteiger partial charge in [0.1, 0.15) is 11.4 Å². The zero-order valence-electron chi connectivity index (χ0n) is 14.3. The van der Waals surface area contributed by atoms with Crippen LogP contribution in [0.5, 0.6) is 0 Å². The van der Waals surface area contributed by atoms with Crippen molar-refractivity contribution >= 4 is 12.1 Å². The third kappa shape index (κ3) is 4.24. The number of rotatable bonds is 3. The standard InChI is InChI=1S/C18H24FNO4/c1-17(2,3)24-16(23)20-10-6-9-18(12-20,15(21)22)11-13-7-4-5-8-14(13)19/h4-5,7-8H,6,9-12H2,1-3H3,(H,21,22)/t18-/m0/s1. The molecule has 1 aromatic rings. The number of piperidine rings is 1. The number of carboxylic acid groups (broad SMARTS) is 1. The van der Waals surface area contributed by atoms with E-state index < -0.39 is 28.9 Å². The van der Waals surface area contributed by atoms with Crippen molar-refractivity contribution in [2.45, 2.75) is 45.6 Å². The lowest BCUT2D eigenvalue weighted by Crippen LogP contribution is -2.52. The van der Waals surface area contributed by atoms with E-state index in [1.807, 2.05) is 0 Å². The van der Waals surface area contributed by atoms with Gasteiger partial charge in [-0.2, -0.15) is 0 Å². The zero-order valence-corrected chi connectivity index (χ0v) is 14.3. The van der Waals surface area contributed by atoms with Gasteiger partial charge in [0.15, 0.2) is 0 Å². The minimum absolute atomic E-state index is 0.0194. The van der Waals surface area contributed by atoms with Gasteiger partial charge >= 0.3 is 12.1 Å². The molecule has 2 rings (SSSR count). The first kappa shape index (κ1) is 18.2. The van der Waals surface area contributed by atoms with Gasteiger partial charge in [0, 0.05) is 13.1 Å². The minimum atomic E-state index is -1.20. The second-order valence-electron chi connectivity index (χ2n) is 7.36. The van der Waals surface area contributed by atoms with Crippen LogP contribution in [-0.2, 0) is 16.0 Å². The molecule has 24 heavy (non-hydrogen) atoms.